The van der Waals surface area contributed by atoms with Crippen molar-refractivity contribution in [2.45, 2.75) is 136 Å². The number of H-pyrrole nitrogens is 2. The Morgan fingerprint density at radius 2 is 1.33 bits per heavy atom. The predicted octanol–water partition coefficient (Wildman–Crippen LogP) is 7.38. The van der Waals surface area contributed by atoms with Crippen molar-refractivity contribution >= 4 is 34.4 Å². The van der Waals surface area contributed by atoms with Crippen LogP contribution in [0.2, 0.25) is 0 Å². The summed E-state index contributed by atoms with van der Waals surface area (Å²) in [6.45, 7) is 6.06. The fourth-order valence-electron chi connectivity index (χ4n) is 5.41. The summed E-state index contributed by atoms with van der Waals surface area (Å²) >= 11 is 0. The van der Waals surface area contributed by atoms with Crippen molar-refractivity contribution < 1.29 is 19.5 Å². The second kappa shape index (κ2) is 19.9. The number of nitrogens with one attached hydrogen (secondary N) is 3. The van der Waals surface area contributed by atoms with Crippen molar-refractivity contribution in [3.8, 4) is 0 Å². The van der Waals surface area contributed by atoms with Crippen molar-refractivity contribution in [2.24, 2.45) is 5.92 Å². The lowest BCUT2D eigenvalue weighted by atomic mass is 10.0. The second-order valence-corrected chi connectivity index (χ2v) is 11.9. The van der Waals surface area contributed by atoms with Gasteiger partial charge in [-0.05, 0) is 24.6 Å². The number of aromatic nitrogens is 2. The Balaban J connectivity index is 1.71. The van der Waals surface area contributed by atoms with Crippen LogP contribution in [0.3, 0.4) is 0 Å². The van der Waals surface area contributed by atoms with Crippen molar-refractivity contribution in [3.63, 3.8) is 0 Å². The number of aromatic amines is 2. The molecule has 0 saturated heterocycles. The number of anilines is 1. The number of hydrogen-bond acceptors (Lipinski definition) is 4. The van der Waals surface area contributed by atoms with Crippen molar-refractivity contribution in [1.82, 2.24) is 15.1 Å². The Kier molecular flexibility index (Phi) is 16.6. The van der Waals surface area contributed by atoms with Gasteiger partial charge in [-0.2, -0.15) is 0 Å². The van der Waals surface area contributed by atoms with Gasteiger partial charge in [0, 0.05) is 18.2 Å². The van der Waals surface area contributed by atoms with Gasteiger partial charge in [0.2, 0.25) is 11.8 Å². The van der Waals surface area contributed by atoms with E-state index in [1.54, 1.807) is 32.0 Å². The monoisotopic (exact) mass is 586 g/mol. The van der Waals surface area contributed by atoms with Gasteiger partial charge in [-0.25, -0.2) is 4.79 Å². The quantitative estimate of drug-likeness (QED) is 0.101. The van der Waals surface area contributed by atoms with Crippen LogP contribution >= 0.6 is 0 Å². The van der Waals surface area contributed by atoms with Gasteiger partial charge in [-0.1, -0.05) is 117 Å². The number of fused-ring (bicyclic) bond motifs is 1. The number of aliphatic carboxylic acids is 1. The van der Waals surface area contributed by atoms with Gasteiger partial charge in [-0.15, -0.1) is 0 Å². The summed E-state index contributed by atoms with van der Waals surface area (Å²) in [6, 6.07) is 3.54. The number of amides is 2. The van der Waals surface area contributed by atoms with E-state index >= 15 is 0 Å². The predicted molar refractivity (Wildman–Crippen MR) is 170 cm³/mol. The van der Waals surface area contributed by atoms with Crippen molar-refractivity contribution in [1.29, 1.82) is 0 Å². The Hall–Kier alpha value is -3.10. The lowest BCUT2D eigenvalue weighted by molar-refractivity contribution is -0.153. The zero-order valence-electron chi connectivity index (χ0n) is 26.1. The van der Waals surface area contributed by atoms with Crippen LogP contribution in [-0.4, -0.2) is 50.6 Å². The molecule has 9 nitrogen and oxygen atoms in total. The van der Waals surface area contributed by atoms with Gasteiger partial charge < -0.3 is 15.3 Å². The zero-order chi connectivity index (χ0) is 30.7. The van der Waals surface area contributed by atoms with Crippen molar-refractivity contribution in [3.05, 3.63) is 28.6 Å². The number of rotatable bonds is 23. The van der Waals surface area contributed by atoms with E-state index in [9.17, 15) is 24.3 Å². The molecule has 0 aliphatic rings. The largest absolute Gasteiger partial charge is 0.480 e. The molecule has 9 heteroatoms. The van der Waals surface area contributed by atoms with E-state index in [1.165, 1.54) is 81.9 Å². The first kappa shape index (κ1) is 35.1. The fraction of sp³-hybridized carbons (Fsp3) is 0.697. The summed E-state index contributed by atoms with van der Waals surface area (Å²) in [5.74, 6) is -2.33. The average Bonchev–Trinajstić information content (AvgIpc) is 3.33. The van der Waals surface area contributed by atoms with E-state index in [0.717, 1.165) is 19.3 Å². The number of unbranched alkanes of at least 4 members (excludes halogenated alkanes) is 15. The number of nitrogens with zero attached hydrogens (tertiary/aromatic N) is 1. The third-order valence-corrected chi connectivity index (χ3v) is 7.93. The van der Waals surface area contributed by atoms with E-state index in [-0.39, 0.29) is 23.8 Å². The summed E-state index contributed by atoms with van der Waals surface area (Å²) in [6.07, 6.45) is 19.5. The molecule has 0 aliphatic carbocycles. The molecule has 0 bridgehead atoms. The Bertz CT molecular complexity index is 1140. The standard InChI is InChI=1S/C33H54N4O5/c1-4-5-6-7-8-9-10-11-12-13-14-15-16-17-18-19-22-37(32(40)25(2)3)29(33(41)42)24-30(38)34-26-20-21-27-28(23-26)35-36-31(27)39/h20-21,23,25,29H,4-19,22,24H2,1-3H3,(H,34,38)(H,41,42)(H2,35,36,39)/t29-/m0/s1. The summed E-state index contributed by atoms with van der Waals surface area (Å²) in [4.78, 5) is 51.0. The lowest BCUT2D eigenvalue weighted by Crippen LogP contribution is -2.48. The molecule has 0 aliphatic heterocycles. The topological polar surface area (TPSA) is 135 Å². The van der Waals surface area contributed by atoms with Crippen LogP contribution in [-0.2, 0) is 14.4 Å². The van der Waals surface area contributed by atoms with Crippen LogP contribution in [0.1, 0.15) is 130 Å². The van der Waals surface area contributed by atoms with Crippen LogP contribution in [0, 0.1) is 5.92 Å². The zero-order valence-corrected chi connectivity index (χ0v) is 26.1. The molecule has 0 fully saturated rings. The van der Waals surface area contributed by atoms with Crippen LogP contribution in [0.4, 0.5) is 5.69 Å². The minimum Gasteiger partial charge on any atom is -0.480 e. The number of benzene rings is 1. The van der Waals surface area contributed by atoms with Crippen LogP contribution < -0.4 is 10.9 Å². The summed E-state index contributed by atoms with van der Waals surface area (Å²) < 4.78 is 0. The summed E-state index contributed by atoms with van der Waals surface area (Å²) in [5.41, 5.74) is 0.713. The maximum Gasteiger partial charge on any atom is 0.326 e. The molecule has 1 aromatic heterocycles. The maximum atomic E-state index is 13.0. The third-order valence-electron chi connectivity index (χ3n) is 7.93. The number of hydrogen-bond donors (Lipinski definition) is 4. The smallest absolute Gasteiger partial charge is 0.326 e. The highest BCUT2D eigenvalue weighted by Crippen LogP contribution is 2.18. The maximum absolute atomic E-state index is 13.0. The molecule has 0 radical (unpaired) electrons. The molecule has 2 rings (SSSR count). The van der Waals surface area contributed by atoms with Gasteiger partial charge in [-0.3, -0.25) is 24.6 Å². The molecule has 1 atom stereocenters. The SMILES string of the molecule is CCCCCCCCCCCCCCCCCCN(C(=O)C(C)C)[C@@H](CC(=O)Nc1ccc2c(=O)[nH][nH]c2c1)C(=O)O. The number of carbonyl (C=O) groups is 3. The van der Waals surface area contributed by atoms with Gasteiger partial charge in [0.1, 0.15) is 6.04 Å². The molecule has 4 N–H and O–H groups in total. The fourth-order valence-corrected chi connectivity index (χ4v) is 5.41. The van der Waals surface area contributed by atoms with E-state index < -0.39 is 17.9 Å². The van der Waals surface area contributed by atoms with E-state index in [2.05, 4.69) is 22.4 Å². The van der Waals surface area contributed by atoms with Gasteiger partial charge in [0.25, 0.3) is 5.56 Å². The molecule has 0 spiro atoms. The molecule has 0 saturated carbocycles. The van der Waals surface area contributed by atoms with E-state index in [1.807, 2.05) is 0 Å². The second-order valence-electron chi connectivity index (χ2n) is 11.9. The summed E-state index contributed by atoms with van der Waals surface area (Å²) in [5, 5.41) is 18.3. The molecule has 2 aromatic rings. The van der Waals surface area contributed by atoms with Crippen LogP contribution in [0.25, 0.3) is 10.9 Å². The number of carbonyl (C=O) groups excluding carboxylic acids is 2. The first-order valence-electron chi connectivity index (χ1n) is 16.3. The number of carboxylic acid groups (broad SMARTS) is 1. The highest BCUT2D eigenvalue weighted by atomic mass is 16.4. The van der Waals surface area contributed by atoms with Crippen LogP contribution in [0.5, 0.6) is 0 Å². The van der Waals surface area contributed by atoms with Gasteiger partial charge in [0.15, 0.2) is 0 Å². The Labute approximate surface area is 251 Å². The average molecular weight is 587 g/mol. The molecular weight excluding hydrogens is 532 g/mol. The minimum absolute atomic E-state index is 0.259. The Morgan fingerprint density at radius 1 is 0.810 bits per heavy atom. The first-order valence-corrected chi connectivity index (χ1v) is 16.3. The van der Waals surface area contributed by atoms with Gasteiger partial charge >= 0.3 is 5.97 Å². The third kappa shape index (κ3) is 12.8. The minimum atomic E-state index is -1.24. The Morgan fingerprint density at radius 3 is 1.83 bits per heavy atom. The molecule has 1 heterocycles. The molecular formula is C33H54N4O5. The molecule has 0 unspecified atom stereocenters. The van der Waals surface area contributed by atoms with Crippen molar-refractivity contribution in [2.75, 3.05) is 11.9 Å². The van der Waals surface area contributed by atoms with Gasteiger partial charge in [0.05, 0.1) is 17.3 Å². The van der Waals surface area contributed by atoms with E-state index in [0.29, 0.717) is 29.6 Å². The molecule has 42 heavy (non-hydrogen) atoms. The molecule has 236 valence electrons. The molecule has 1 aromatic carbocycles. The number of carboxylic acids is 1. The summed E-state index contributed by atoms with van der Waals surface area (Å²) in [7, 11) is 0. The van der Waals surface area contributed by atoms with E-state index in [4.69, 9.17) is 0 Å². The first-order chi connectivity index (χ1) is 20.2. The highest BCUT2D eigenvalue weighted by Gasteiger charge is 2.32. The normalized spacial score (nSPS) is 12.1. The molecule has 2 amide bonds. The van der Waals surface area contributed by atoms with Crippen LogP contribution in [0.15, 0.2) is 23.0 Å². The lowest BCUT2D eigenvalue weighted by Gasteiger charge is -2.30. The highest BCUT2D eigenvalue weighted by molar-refractivity contribution is 5.97.